The molecule has 0 aliphatic rings. The summed E-state index contributed by atoms with van der Waals surface area (Å²) in [6.45, 7) is 3.02. The highest BCUT2D eigenvalue weighted by atomic mass is 19.4. The van der Waals surface area contributed by atoms with Crippen LogP contribution in [0.1, 0.15) is 35.6 Å². The van der Waals surface area contributed by atoms with Crippen molar-refractivity contribution < 1.29 is 31.4 Å². The van der Waals surface area contributed by atoms with E-state index in [9.17, 15) is 36.2 Å². The molecule has 0 unspecified atom stereocenters. The van der Waals surface area contributed by atoms with Gasteiger partial charge in [0.1, 0.15) is 11.2 Å². The molecular formula is C18H16F6N4O2. The molecule has 162 valence electrons. The summed E-state index contributed by atoms with van der Waals surface area (Å²) in [5, 5.41) is 13.2. The molecule has 0 amide bonds. The van der Waals surface area contributed by atoms with Crippen LogP contribution in [0.5, 0.6) is 0 Å². The summed E-state index contributed by atoms with van der Waals surface area (Å²) in [6.07, 6.45) is -13.2. The monoisotopic (exact) mass is 434 g/mol. The van der Waals surface area contributed by atoms with Gasteiger partial charge in [-0.1, -0.05) is 12.1 Å². The molecule has 0 saturated heterocycles. The van der Waals surface area contributed by atoms with Gasteiger partial charge in [-0.05, 0) is 31.5 Å². The maximum absolute atomic E-state index is 12.8. The molecule has 12 heteroatoms. The van der Waals surface area contributed by atoms with Gasteiger partial charge < -0.3 is 10.1 Å². The maximum atomic E-state index is 12.8. The van der Waals surface area contributed by atoms with Gasteiger partial charge in [-0.25, -0.2) is 9.67 Å². The van der Waals surface area contributed by atoms with Crippen LogP contribution in [-0.4, -0.2) is 37.1 Å². The Morgan fingerprint density at radius 2 is 1.73 bits per heavy atom. The highest BCUT2D eigenvalue weighted by Gasteiger charge is 2.39. The van der Waals surface area contributed by atoms with Crippen LogP contribution in [0.2, 0.25) is 0 Å². The van der Waals surface area contributed by atoms with Crippen LogP contribution in [0, 0.1) is 6.92 Å². The molecule has 0 bridgehead atoms. The molecule has 6 nitrogen and oxygen atoms in total. The van der Waals surface area contributed by atoms with Crippen molar-refractivity contribution in [3.05, 3.63) is 57.3 Å². The standard InChI is InChI=1S/C18H16F6N4O2/c1-8(10-3-5-11(6-4-10)17(19,20)21)28-15-14(16(30)26-9(2)25-15)12(27-28)7-13(29)18(22,23)24/h3-6,8,13,29H,7H2,1-2H3,(H,25,26,30)/t8-,13+/m0/s1. The lowest BCUT2D eigenvalue weighted by molar-refractivity contribution is -0.203. The number of nitrogens with zero attached hydrogens (tertiary/aromatic N) is 3. The van der Waals surface area contributed by atoms with E-state index in [1.165, 1.54) is 23.7 Å². The number of benzene rings is 1. The molecule has 30 heavy (non-hydrogen) atoms. The minimum atomic E-state index is -4.92. The van der Waals surface area contributed by atoms with E-state index >= 15 is 0 Å². The number of halogens is 6. The SMILES string of the molecule is Cc1nc2c(c(C[C@@H](O)C(F)(F)F)nn2[C@@H](C)c2ccc(C(F)(F)F)cc2)c(=O)[nH]1. The fourth-order valence-electron chi connectivity index (χ4n) is 3.03. The highest BCUT2D eigenvalue weighted by Crippen LogP contribution is 2.31. The first-order valence-electron chi connectivity index (χ1n) is 8.69. The summed E-state index contributed by atoms with van der Waals surface area (Å²) in [6, 6.07) is 3.42. The van der Waals surface area contributed by atoms with E-state index in [4.69, 9.17) is 0 Å². The van der Waals surface area contributed by atoms with E-state index in [0.717, 1.165) is 12.1 Å². The molecule has 0 radical (unpaired) electrons. The number of aromatic nitrogens is 4. The van der Waals surface area contributed by atoms with Crippen molar-refractivity contribution in [3.8, 4) is 0 Å². The third-order valence-electron chi connectivity index (χ3n) is 4.60. The van der Waals surface area contributed by atoms with Crippen LogP contribution in [0.4, 0.5) is 26.3 Å². The predicted molar refractivity (Wildman–Crippen MR) is 93.9 cm³/mol. The molecule has 1 aromatic carbocycles. The molecule has 0 aliphatic heterocycles. The number of H-pyrrole nitrogens is 1. The van der Waals surface area contributed by atoms with Gasteiger partial charge in [0.25, 0.3) is 5.56 Å². The van der Waals surface area contributed by atoms with Gasteiger partial charge in [-0.2, -0.15) is 31.4 Å². The van der Waals surface area contributed by atoms with E-state index in [-0.39, 0.29) is 22.6 Å². The number of aliphatic hydroxyl groups excluding tert-OH is 1. The average Bonchev–Trinajstić information content (AvgIpc) is 2.98. The zero-order valence-electron chi connectivity index (χ0n) is 15.6. The first-order valence-corrected chi connectivity index (χ1v) is 8.69. The first-order chi connectivity index (χ1) is 13.8. The summed E-state index contributed by atoms with van der Waals surface area (Å²) < 4.78 is 77.9. The number of nitrogens with one attached hydrogen (secondary N) is 1. The minimum Gasteiger partial charge on any atom is -0.383 e. The lowest BCUT2D eigenvalue weighted by Gasteiger charge is -2.15. The summed E-state index contributed by atoms with van der Waals surface area (Å²) >= 11 is 0. The molecule has 2 N–H and O–H groups in total. The zero-order chi connectivity index (χ0) is 22.4. The van der Waals surface area contributed by atoms with Crippen molar-refractivity contribution >= 4 is 11.0 Å². The molecule has 0 aliphatic carbocycles. The summed E-state index contributed by atoms with van der Waals surface area (Å²) in [5.41, 5.74) is -1.57. The number of hydrogen-bond donors (Lipinski definition) is 2. The second kappa shape index (κ2) is 7.42. The molecule has 3 aromatic rings. The predicted octanol–water partition coefficient (Wildman–Crippen LogP) is 3.52. The summed E-state index contributed by atoms with van der Waals surface area (Å²) in [7, 11) is 0. The number of alkyl halides is 6. The second-order valence-electron chi connectivity index (χ2n) is 6.80. The van der Waals surface area contributed by atoms with Crippen LogP contribution >= 0.6 is 0 Å². The summed E-state index contributed by atoms with van der Waals surface area (Å²) in [4.78, 5) is 18.8. The van der Waals surface area contributed by atoms with Crippen LogP contribution in [0.3, 0.4) is 0 Å². The topological polar surface area (TPSA) is 83.8 Å². The fourth-order valence-corrected chi connectivity index (χ4v) is 3.03. The van der Waals surface area contributed by atoms with Crippen molar-refractivity contribution in [3.63, 3.8) is 0 Å². The Hall–Kier alpha value is -2.89. The molecule has 2 aromatic heterocycles. The van der Waals surface area contributed by atoms with Crippen molar-refractivity contribution in [2.75, 3.05) is 0 Å². The average molecular weight is 434 g/mol. The Kier molecular flexibility index (Phi) is 5.39. The van der Waals surface area contributed by atoms with Crippen molar-refractivity contribution in [1.29, 1.82) is 0 Å². The lowest BCUT2D eigenvalue weighted by atomic mass is 10.1. The van der Waals surface area contributed by atoms with E-state index in [0.29, 0.717) is 5.56 Å². The van der Waals surface area contributed by atoms with Crippen LogP contribution in [-0.2, 0) is 12.6 Å². The van der Waals surface area contributed by atoms with Gasteiger partial charge in [0.05, 0.1) is 17.3 Å². The van der Waals surface area contributed by atoms with E-state index < -0.39 is 42.0 Å². The fraction of sp³-hybridized carbons (Fsp3) is 0.389. The third kappa shape index (κ3) is 4.18. The van der Waals surface area contributed by atoms with Crippen molar-refractivity contribution in [2.24, 2.45) is 0 Å². The largest absolute Gasteiger partial charge is 0.416 e. The Labute approximate surface area is 165 Å². The van der Waals surface area contributed by atoms with Gasteiger partial charge in [-0.3, -0.25) is 4.79 Å². The molecule has 2 atom stereocenters. The molecule has 0 saturated carbocycles. The van der Waals surface area contributed by atoms with Gasteiger partial charge in [0.2, 0.25) is 0 Å². The molecule has 0 spiro atoms. The number of aliphatic hydroxyl groups is 1. The van der Waals surface area contributed by atoms with Gasteiger partial charge in [0.15, 0.2) is 11.8 Å². The number of fused-ring (bicyclic) bond motifs is 1. The van der Waals surface area contributed by atoms with Crippen molar-refractivity contribution in [2.45, 2.75) is 44.8 Å². The second-order valence-corrected chi connectivity index (χ2v) is 6.80. The molecule has 3 rings (SSSR count). The quantitative estimate of drug-likeness (QED) is 0.616. The Bertz CT molecular complexity index is 1120. The number of rotatable bonds is 4. The van der Waals surface area contributed by atoms with Gasteiger partial charge in [-0.15, -0.1) is 0 Å². The summed E-state index contributed by atoms with van der Waals surface area (Å²) in [5.74, 6) is 0.177. The molecular weight excluding hydrogens is 418 g/mol. The van der Waals surface area contributed by atoms with E-state index in [2.05, 4.69) is 15.1 Å². The first kappa shape index (κ1) is 21.8. The van der Waals surface area contributed by atoms with Crippen LogP contribution in [0.25, 0.3) is 11.0 Å². The minimum absolute atomic E-state index is 0.0342. The third-order valence-corrected chi connectivity index (χ3v) is 4.60. The Morgan fingerprint density at radius 3 is 2.27 bits per heavy atom. The molecule has 0 fully saturated rings. The van der Waals surface area contributed by atoms with E-state index in [1.54, 1.807) is 6.92 Å². The molecule has 2 heterocycles. The smallest absolute Gasteiger partial charge is 0.383 e. The van der Waals surface area contributed by atoms with Crippen LogP contribution < -0.4 is 5.56 Å². The van der Waals surface area contributed by atoms with Gasteiger partial charge in [0, 0.05) is 6.42 Å². The number of aryl methyl sites for hydroxylation is 1. The van der Waals surface area contributed by atoms with Gasteiger partial charge >= 0.3 is 12.4 Å². The maximum Gasteiger partial charge on any atom is 0.416 e. The lowest BCUT2D eigenvalue weighted by Crippen LogP contribution is -2.31. The zero-order valence-corrected chi connectivity index (χ0v) is 15.6. The number of aromatic amines is 1. The highest BCUT2D eigenvalue weighted by molar-refractivity contribution is 5.77. The number of hydrogen-bond acceptors (Lipinski definition) is 4. The van der Waals surface area contributed by atoms with E-state index in [1.807, 2.05) is 0 Å². The van der Waals surface area contributed by atoms with Crippen molar-refractivity contribution in [1.82, 2.24) is 19.7 Å². The normalized spacial score (nSPS) is 14.8. The van der Waals surface area contributed by atoms with Crippen LogP contribution in [0.15, 0.2) is 29.1 Å². The Balaban J connectivity index is 2.10. The Morgan fingerprint density at radius 1 is 1.13 bits per heavy atom.